The van der Waals surface area contributed by atoms with Crippen molar-refractivity contribution in [2.45, 2.75) is 29.0 Å². The Morgan fingerprint density at radius 3 is 2.47 bits per heavy atom. The Balaban J connectivity index is 2.26. The molecule has 1 saturated carbocycles. The number of hydrogen-bond acceptors (Lipinski definition) is 4. The molecule has 0 unspecified atom stereocenters. The van der Waals surface area contributed by atoms with Crippen molar-refractivity contribution in [3.8, 4) is 0 Å². The average Bonchev–Trinajstić information content (AvgIpc) is 2.58. The second-order valence-corrected chi connectivity index (χ2v) is 7.53. The zero-order chi connectivity index (χ0) is 12.7. The molecular weight excluding hydrogens is 286 g/mol. The van der Waals surface area contributed by atoms with Crippen LogP contribution in [0.1, 0.15) is 19.3 Å². The van der Waals surface area contributed by atoms with E-state index >= 15 is 0 Å². The van der Waals surface area contributed by atoms with E-state index in [1.165, 1.54) is 12.1 Å². The molecule has 0 atom stereocenters. The van der Waals surface area contributed by atoms with Crippen molar-refractivity contribution in [1.82, 2.24) is 4.72 Å². The normalized spacial score (nSPS) is 18.6. The van der Waals surface area contributed by atoms with Crippen molar-refractivity contribution in [2.24, 2.45) is 0 Å². The molecule has 94 valence electrons. The summed E-state index contributed by atoms with van der Waals surface area (Å²) < 4.78 is 26.5. The first kappa shape index (κ1) is 12.8. The van der Waals surface area contributed by atoms with Gasteiger partial charge in [0, 0.05) is 0 Å². The fourth-order valence-corrected chi connectivity index (χ4v) is 4.54. The molecule has 1 heterocycles. The van der Waals surface area contributed by atoms with E-state index in [4.69, 9.17) is 16.7 Å². The molecule has 0 aromatic carbocycles. The predicted molar refractivity (Wildman–Crippen MR) is 63.9 cm³/mol. The van der Waals surface area contributed by atoms with Crippen molar-refractivity contribution < 1.29 is 18.3 Å². The van der Waals surface area contributed by atoms with E-state index in [9.17, 15) is 13.2 Å². The Hall–Kier alpha value is -0.630. The number of nitrogens with one attached hydrogen (secondary N) is 1. The molecule has 17 heavy (non-hydrogen) atoms. The highest BCUT2D eigenvalue weighted by Gasteiger charge is 2.47. The van der Waals surface area contributed by atoms with Gasteiger partial charge in [-0.15, -0.1) is 11.3 Å². The summed E-state index contributed by atoms with van der Waals surface area (Å²) in [7, 11) is -3.80. The summed E-state index contributed by atoms with van der Waals surface area (Å²) in [6, 6.07) is 2.83. The van der Waals surface area contributed by atoms with Crippen molar-refractivity contribution in [1.29, 1.82) is 0 Å². The van der Waals surface area contributed by atoms with Gasteiger partial charge in [-0.05, 0) is 31.4 Å². The summed E-state index contributed by atoms with van der Waals surface area (Å²) in [6.45, 7) is 0. The summed E-state index contributed by atoms with van der Waals surface area (Å²) in [5.74, 6) is -1.13. The van der Waals surface area contributed by atoms with Crippen LogP contribution in [0.2, 0.25) is 4.34 Å². The van der Waals surface area contributed by atoms with E-state index in [2.05, 4.69) is 4.72 Å². The second-order valence-electron chi connectivity index (χ2n) is 3.90. The third kappa shape index (κ3) is 2.33. The lowest BCUT2D eigenvalue weighted by Crippen LogP contribution is -2.58. The van der Waals surface area contributed by atoms with Crippen LogP contribution in [0.5, 0.6) is 0 Å². The van der Waals surface area contributed by atoms with Gasteiger partial charge >= 0.3 is 5.97 Å². The Morgan fingerprint density at radius 2 is 2.12 bits per heavy atom. The van der Waals surface area contributed by atoms with E-state index in [0.29, 0.717) is 23.6 Å². The maximum atomic E-state index is 11.9. The highest BCUT2D eigenvalue weighted by molar-refractivity contribution is 7.91. The van der Waals surface area contributed by atoms with Gasteiger partial charge in [0.1, 0.15) is 9.75 Å². The molecule has 0 bridgehead atoms. The van der Waals surface area contributed by atoms with Crippen LogP contribution in [0, 0.1) is 0 Å². The van der Waals surface area contributed by atoms with Gasteiger partial charge in [0.05, 0.1) is 4.34 Å². The summed E-state index contributed by atoms with van der Waals surface area (Å²) in [6.07, 6.45) is 1.35. The van der Waals surface area contributed by atoms with E-state index in [1.807, 2.05) is 0 Å². The quantitative estimate of drug-likeness (QED) is 0.885. The molecule has 0 aliphatic heterocycles. The van der Waals surface area contributed by atoms with Gasteiger partial charge in [-0.3, -0.25) is 4.79 Å². The molecule has 2 rings (SSSR count). The maximum absolute atomic E-state index is 11.9. The Labute approximate surface area is 107 Å². The minimum Gasteiger partial charge on any atom is -0.480 e. The molecule has 8 heteroatoms. The minimum absolute atomic E-state index is 0.0371. The van der Waals surface area contributed by atoms with Gasteiger partial charge in [0.25, 0.3) is 10.0 Å². The van der Waals surface area contributed by atoms with Crippen LogP contribution in [-0.2, 0) is 14.8 Å². The van der Waals surface area contributed by atoms with Gasteiger partial charge in [-0.1, -0.05) is 11.6 Å². The van der Waals surface area contributed by atoms with E-state index in [0.717, 1.165) is 11.3 Å². The Kier molecular flexibility index (Phi) is 3.19. The number of hydrogen-bond donors (Lipinski definition) is 2. The molecule has 1 aromatic rings. The molecule has 0 saturated heterocycles. The Morgan fingerprint density at radius 1 is 1.47 bits per heavy atom. The van der Waals surface area contributed by atoms with Crippen LogP contribution in [-0.4, -0.2) is 25.0 Å². The molecular formula is C9H10ClNO4S2. The van der Waals surface area contributed by atoms with Gasteiger partial charge in [-0.25, -0.2) is 8.42 Å². The topological polar surface area (TPSA) is 83.5 Å². The third-order valence-corrected chi connectivity index (χ3v) is 6.02. The summed E-state index contributed by atoms with van der Waals surface area (Å²) in [5, 5.41) is 9.05. The third-order valence-electron chi connectivity index (χ3n) is 2.76. The molecule has 1 aliphatic carbocycles. The first-order valence-electron chi connectivity index (χ1n) is 4.88. The number of aliphatic carboxylic acids is 1. The lowest BCUT2D eigenvalue weighted by Gasteiger charge is -2.37. The number of carbonyl (C=O) groups is 1. The van der Waals surface area contributed by atoms with E-state index < -0.39 is 21.5 Å². The van der Waals surface area contributed by atoms with E-state index in [1.54, 1.807) is 0 Å². The lowest BCUT2D eigenvalue weighted by molar-refractivity contribution is -0.147. The first-order chi connectivity index (χ1) is 7.86. The minimum atomic E-state index is -3.80. The fourth-order valence-electron chi connectivity index (χ4n) is 1.64. The molecule has 0 amide bonds. The summed E-state index contributed by atoms with van der Waals surface area (Å²) in [5.41, 5.74) is -1.34. The average molecular weight is 296 g/mol. The lowest BCUT2D eigenvalue weighted by atomic mass is 9.78. The number of rotatable bonds is 4. The standard InChI is InChI=1S/C9H10ClNO4S2/c10-6-2-3-7(16-6)17(14,15)11-9(8(12)13)4-1-5-9/h2-3,11H,1,4-5H2,(H,12,13). The Bertz CT molecular complexity index is 547. The SMILES string of the molecule is O=C(O)C1(NS(=O)(=O)c2ccc(Cl)s2)CCC1. The van der Waals surface area contributed by atoms with Crippen LogP contribution in [0.3, 0.4) is 0 Å². The van der Waals surface area contributed by atoms with Crippen LogP contribution in [0.4, 0.5) is 0 Å². The van der Waals surface area contributed by atoms with Crippen molar-refractivity contribution >= 4 is 38.9 Å². The number of halogens is 1. The second kappa shape index (κ2) is 4.24. The zero-order valence-corrected chi connectivity index (χ0v) is 11.0. The van der Waals surface area contributed by atoms with Gasteiger partial charge < -0.3 is 5.11 Å². The number of carboxylic acid groups (broad SMARTS) is 1. The molecule has 1 fully saturated rings. The maximum Gasteiger partial charge on any atom is 0.324 e. The first-order valence-corrected chi connectivity index (χ1v) is 7.56. The van der Waals surface area contributed by atoms with Crippen molar-refractivity contribution in [3.63, 3.8) is 0 Å². The number of sulfonamides is 1. The van der Waals surface area contributed by atoms with Gasteiger partial charge in [-0.2, -0.15) is 4.72 Å². The number of thiophene rings is 1. The van der Waals surface area contributed by atoms with Crippen molar-refractivity contribution in [3.05, 3.63) is 16.5 Å². The van der Waals surface area contributed by atoms with Crippen LogP contribution < -0.4 is 4.72 Å². The van der Waals surface area contributed by atoms with Gasteiger partial charge in [0.15, 0.2) is 0 Å². The molecule has 0 spiro atoms. The highest BCUT2D eigenvalue weighted by Crippen LogP contribution is 2.35. The predicted octanol–water partition coefficient (Wildman–Crippen LogP) is 1.69. The van der Waals surface area contributed by atoms with E-state index in [-0.39, 0.29) is 4.21 Å². The van der Waals surface area contributed by atoms with Crippen LogP contribution >= 0.6 is 22.9 Å². The highest BCUT2D eigenvalue weighted by atomic mass is 35.5. The van der Waals surface area contributed by atoms with Crippen LogP contribution in [0.25, 0.3) is 0 Å². The fraction of sp³-hybridized carbons (Fsp3) is 0.444. The molecule has 5 nitrogen and oxygen atoms in total. The van der Waals surface area contributed by atoms with Crippen LogP contribution in [0.15, 0.2) is 16.3 Å². The number of carboxylic acids is 1. The summed E-state index contributed by atoms with van der Waals surface area (Å²) >= 11 is 6.56. The zero-order valence-electron chi connectivity index (χ0n) is 8.64. The molecule has 1 aromatic heterocycles. The van der Waals surface area contributed by atoms with Gasteiger partial charge in [0.2, 0.25) is 0 Å². The molecule has 0 radical (unpaired) electrons. The molecule has 1 aliphatic rings. The molecule has 2 N–H and O–H groups in total. The summed E-state index contributed by atoms with van der Waals surface area (Å²) in [4.78, 5) is 11.1. The van der Waals surface area contributed by atoms with Crippen molar-refractivity contribution in [2.75, 3.05) is 0 Å². The smallest absolute Gasteiger partial charge is 0.324 e. The largest absolute Gasteiger partial charge is 0.480 e. The monoisotopic (exact) mass is 295 g/mol.